The van der Waals surface area contributed by atoms with Crippen LogP contribution in [-0.2, 0) is 28.2 Å². The van der Waals surface area contributed by atoms with Gasteiger partial charge < -0.3 is 0 Å². The van der Waals surface area contributed by atoms with Crippen LogP contribution in [0.25, 0.3) is 11.1 Å². The van der Waals surface area contributed by atoms with Crippen LogP contribution < -0.4 is 0 Å². The molecule has 45 heavy (non-hydrogen) atoms. The molecule has 6 rings (SSSR count). The van der Waals surface area contributed by atoms with Gasteiger partial charge in [0, 0.05) is 0 Å². The zero-order chi connectivity index (χ0) is 32.3. The van der Waals surface area contributed by atoms with E-state index < -0.39 is 17.4 Å². The van der Waals surface area contributed by atoms with Gasteiger partial charge in [0.1, 0.15) is 0 Å². The quantitative estimate of drug-likeness (QED) is 0.198. The molecular formula is C44H50Ti. The van der Waals surface area contributed by atoms with E-state index in [4.69, 9.17) is 0 Å². The molecule has 0 nitrogen and oxygen atoms in total. The van der Waals surface area contributed by atoms with Crippen molar-refractivity contribution in [3.8, 4) is 11.1 Å². The van der Waals surface area contributed by atoms with Crippen molar-refractivity contribution in [2.24, 2.45) is 11.3 Å². The van der Waals surface area contributed by atoms with E-state index >= 15 is 0 Å². The Morgan fingerprint density at radius 2 is 1.00 bits per heavy atom. The molecule has 0 radical (unpaired) electrons. The fraction of sp³-hybridized carbons (Fsp3) is 0.341. The van der Waals surface area contributed by atoms with Gasteiger partial charge in [0.15, 0.2) is 0 Å². The van der Waals surface area contributed by atoms with Crippen LogP contribution in [0.2, 0.25) is 0 Å². The van der Waals surface area contributed by atoms with Crippen molar-refractivity contribution in [3.05, 3.63) is 152 Å². The molecule has 1 unspecified atom stereocenters. The summed E-state index contributed by atoms with van der Waals surface area (Å²) in [5, 5.41) is 0. The molecule has 0 bridgehead atoms. The van der Waals surface area contributed by atoms with Crippen LogP contribution in [0.3, 0.4) is 0 Å². The third kappa shape index (κ3) is 6.09. The molecule has 2 aliphatic carbocycles. The number of benzene rings is 4. The van der Waals surface area contributed by atoms with Crippen molar-refractivity contribution in [3.63, 3.8) is 0 Å². The van der Waals surface area contributed by atoms with Gasteiger partial charge >= 0.3 is 280 Å². The Balaban J connectivity index is 1.77. The van der Waals surface area contributed by atoms with Gasteiger partial charge in [-0.3, -0.25) is 0 Å². The Hall–Kier alpha value is -3.06. The topological polar surface area (TPSA) is 0 Å². The molecule has 4 aromatic rings. The van der Waals surface area contributed by atoms with E-state index in [2.05, 4.69) is 178 Å². The molecule has 1 atom stereocenters. The van der Waals surface area contributed by atoms with Gasteiger partial charge in [-0.15, -0.1) is 0 Å². The van der Waals surface area contributed by atoms with E-state index in [9.17, 15) is 0 Å². The standard InChI is InChI=1S/C21H25.C13H10.C10H15.Ti/c1-20(2,3)16-7-9-18-14(12-16)11-15-13-17(21(4,5)6)8-10-19(15)18;1-3-7-12(8-4-1)11-13-9-5-2-6-10-13;1-8-5-6-9(7-8)10(2,3)4;/h7-13H,1-6H3;1-10H;6-8H,1-4H3;. The number of hydrogen-bond donors (Lipinski definition) is 0. The van der Waals surface area contributed by atoms with Crippen LogP contribution in [0.15, 0.2) is 119 Å². The average molecular weight is 627 g/mol. The van der Waals surface area contributed by atoms with Gasteiger partial charge in [-0.2, -0.15) is 0 Å². The predicted molar refractivity (Wildman–Crippen MR) is 192 cm³/mol. The van der Waals surface area contributed by atoms with Gasteiger partial charge in [0.05, 0.1) is 0 Å². The maximum atomic E-state index is 2.64. The second-order valence-electron chi connectivity index (χ2n) is 16.3. The monoisotopic (exact) mass is 626 g/mol. The predicted octanol–water partition coefficient (Wildman–Crippen LogP) is 11.7. The number of allylic oxidation sites excluding steroid dienone is 4. The van der Waals surface area contributed by atoms with Crippen LogP contribution in [0.1, 0.15) is 107 Å². The third-order valence-corrected chi connectivity index (χ3v) is 15.4. The van der Waals surface area contributed by atoms with Crippen LogP contribution in [-0.4, -0.2) is 3.81 Å². The SMILES string of the molecule is CC1C=C(C(C)(C)C)C=[C]1[Ti](=[C](c1ccccc1)c1ccccc1)[CH]1c2cc(C(C)(C)C)ccc2-c2ccc(C(C)(C)C)cc21. The summed E-state index contributed by atoms with van der Waals surface area (Å²) in [5.41, 5.74) is 13.3. The minimum absolute atomic E-state index is 0.0807. The van der Waals surface area contributed by atoms with Crippen molar-refractivity contribution in [2.45, 2.75) is 84.3 Å². The van der Waals surface area contributed by atoms with E-state index in [0.717, 1.165) is 0 Å². The second kappa shape index (κ2) is 11.6. The summed E-state index contributed by atoms with van der Waals surface area (Å²) in [4.78, 5) is 0. The first-order valence-corrected chi connectivity index (χ1v) is 19.2. The molecule has 0 aliphatic heterocycles. The number of rotatable bonds is 4. The first-order chi connectivity index (χ1) is 21.1. The molecule has 1 heteroatoms. The molecule has 0 spiro atoms. The van der Waals surface area contributed by atoms with Crippen LogP contribution in [0.5, 0.6) is 0 Å². The normalized spacial score (nSPS) is 16.6. The van der Waals surface area contributed by atoms with Gasteiger partial charge in [-0.25, -0.2) is 0 Å². The molecular weight excluding hydrogens is 576 g/mol. The van der Waals surface area contributed by atoms with E-state index in [0.29, 0.717) is 10.1 Å². The summed E-state index contributed by atoms with van der Waals surface area (Å²) in [6, 6.07) is 37.5. The first-order valence-electron chi connectivity index (χ1n) is 16.7. The minimum atomic E-state index is -2.40. The van der Waals surface area contributed by atoms with Gasteiger partial charge in [-0.05, 0) is 0 Å². The summed E-state index contributed by atoms with van der Waals surface area (Å²) in [5.74, 6) is 0.417. The van der Waals surface area contributed by atoms with Crippen molar-refractivity contribution in [1.29, 1.82) is 0 Å². The van der Waals surface area contributed by atoms with Gasteiger partial charge in [0.25, 0.3) is 0 Å². The van der Waals surface area contributed by atoms with Gasteiger partial charge in [0.2, 0.25) is 0 Å². The number of fused-ring (bicyclic) bond motifs is 3. The summed E-state index contributed by atoms with van der Waals surface area (Å²) < 4.78 is 3.63. The van der Waals surface area contributed by atoms with Crippen LogP contribution >= 0.6 is 0 Å². The molecule has 0 aromatic heterocycles. The zero-order valence-corrected chi connectivity index (χ0v) is 30.6. The summed E-state index contributed by atoms with van der Waals surface area (Å²) in [7, 11) is 0. The Morgan fingerprint density at radius 1 is 0.556 bits per heavy atom. The summed E-state index contributed by atoms with van der Waals surface area (Å²) >= 11 is -2.40. The van der Waals surface area contributed by atoms with E-state index in [1.54, 1.807) is 18.8 Å². The molecule has 0 N–H and O–H groups in total. The maximum absolute atomic E-state index is 2.64. The fourth-order valence-corrected chi connectivity index (χ4v) is 13.2. The molecule has 230 valence electrons. The summed E-state index contributed by atoms with van der Waals surface area (Å²) in [6.45, 7) is 23.7. The van der Waals surface area contributed by atoms with Crippen molar-refractivity contribution >= 4 is 3.81 Å². The van der Waals surface area contributed by atoms with E-state index in [-0.39, 0.29) is 16.2 Å². The molecule has 0 heterocycles. The van der Waals surface area contributed by atoms with Crippen molar-refractivity contribution < 1.29 is 17.4 Å². The Bertz CT molecular complexity index is 1720. The first kappa shape index (κ1) is 31.9. The molecule has 0 amide bonds. The van der Waals surface area contributed by atoms with Crippen LogP contribution in [0, 0.1) is 11.3 Å². The van der Waals surface area contributed by atoms with Crippen molar-refractivity contribution in [1.82, 2.24) is 0 Å². The van der Waals surface area contributed by atoms with Crippen LogP contribution in [0.4, 0.5) is 0 Å². The van der Waals surface area contributed by atoms with E-state index in [1.807, 2.05) is 0 Å². The van der Waals surface area contributed by atoms with Crippen molar-refractivity contribution in [2.75, 3.05) is 0 Å². The Labute approximate surface area is 278 Å². The third-order valence-electron chi connectivity index (χ3n) is 9.84. The number of hydrogen-bond acceptors (Lipinski definition) is 0. The average Bonchev–Trinajstić information content (AvgIpc) is 3.53. The Kier molecular flexibility index (Phi) is 8.25. The molecule has 0 saturated heterocycles. The Morgan fingerprint density at radius 3 is 1.38 bits per heavy atom. The fourth-order valence-electron chi connectivity index (χ4n) is 7.14. The molecule has 4 aromatic carbocycles. The molecule has 0 saturated carbocycles. The molecule has 0 fully saturated rings. The summed E-state index contributed by atoms with van der Waals surface area (Å²) in [6.07, 6.45) is 5.22. The molecule has 2 aliphatic rings. The van der Waals surface area contributed by atoms with Gasteiger partial charge in [-0.1, -0.05) is 0 Å². The zero-order valence-electron chi connectivity index (χ0n) is 29.0. The second-order valence-corrected chi connectivity index (χ2v) is 20.2. The van der Waals surface area contributed by atoms with E-state index in [1.165, 1.54) is 39.0 Å².